The molecule has 356 valence electrons. The summed E-state index contributed by atoms with van der Waals surface area (Å²) in [5.74, 6) is -0.140. The number of anilines is 2. The molecule has 4 aliphatic rings. The summed E-state index contributed by atoms with van der Waals surface area (Å²) in [5.41, 5.74) is 2.36. The summed E-state index contributed by atoms with van der Waals surface area (Å²) in [4.78, 5) is 3.52. The summed E-state index contributed by atoms with van der Waals surface area (Å²) in [6, 6.07) is 27.3. The molecule has 0 N–H and O–H groups in total. The molecule has 8 rings (SSSR count). The van der Waals surface area contributed by atoms with Crippen LogP contribution in [0.4, 0.5) is 22.7 Å². The summed E-state index contributed by atoms with van der Waals surface area (Å²) < 4.78 is 13.4. The fourth-order valence-electron chi connectivity index (χ4n) is 5.33. The Hall–Kier alpha value is -3.79. The topological polar surface area (TPSA) is 215 Å². The molecule has 14 nitrogen and oxygen atoms in total. The van der Waals surface area contributed by atoms with Gasteiger partial charge in [-0.05, 0) is 25.7 Å². The molecule has 66 heavy (non-hydrogen) atoms. The summed E-state index contributed by atoms with van der Waals surface area (Å²) in [5, 5.41) is 85.1. The Morgan fingerprint density at radius 3 is 0.894 bits per heavy atom. The number of nitrogens with zero attached hydrogens (tertiary/aromatic N) is 4. The first-order chi connectivity index (χ1) is 30.4. The number of benzene rings is 4. The third kappa shape index (κ3) is 29.8. The Morgan fingerprint density at radius 1 is 0.424 bits per heavy atom. The van der Waals surface area contributed by atoms with Gasteiger partial charge in [-0.25, -0.2) is 0 Å². The Morgan fingerprint density at radius 2 is 0.667 bits per heavy atom. The normalized spacial score (nSPS) is 14.2. The number of ether oxygens (including phenoxy) is 2. The van der Waals surface area contributed by atoms with E-state index >= 15 is 0 Å². The Balaban J connectivity index is 0. The maximum absolute atomic E-state index is 11.8. The zero-order chi connectivity index (χ0) is 47.9. The van der Waals surface area contributed by atoms with Crippen molar-refractivity contribution in [3.8, 4) is 23.0 Å². The third-order valence-electron chi connectivity index (χ3n) is 7.86. The molecule has 0 aliphatic carbocycles. The number of para-hydroxylation sites is 8. The van der Waals surface area contributed by atoms with Crippen LogP contribution in [0.15, 0.2) is 97.1 Å². The van der Waals surface area contributed by atoms with Crippen molar-refractivity contribution in [1.82, 2.24) is 0 Å². The van der Waals surface area contributed by atoms with Gasteiger partial charge in [-0.15, -0.1) is 47.4 Å². The zero-order valence-corrected chi connectivity index (χ0v) is 43.0. The van der Waals surface area contributed by atoms with Crippen LogP contribution >= 0.6 is 0 Å². The van der Waals surface area contributed by atoms with Crippen LogP contribution < -0.4 is 50.7 Å². The van der Waals surface area contributed by atoms with E-state index in [1.54, 1.807) is 123 Å². The summed E-state index contributed by atoms with van der Waals surface area (Å²) in [7, 11) is 0. The van der Waals surface area contributed by atoms with E-state index in [0.717, 1.165) is 26.4 Å². The summed E-state index contributed by atoms with van der Waals surface area (Å²) >= 11 is 0. The van der Waals surface area contributed by atoms with Crippen molar-refractivity contribution >= 4 is 35.4 Å². The minimum Gasteiger partial charge on any atom is -0.879 e. The maximum Gasteiger partial charge on any atom is 4.00 e. The summed E-state index contributed by atoms with van der Waals surface area (Å²) in [6.07, 6.45) is 9.59. The molecule has 4 aromatic rings. The van der Waals surface area contributed by atoms with E-state index in [9.17, 15) is 40.9 Å². The van der Waals surface area contributed by atoms with E-state index < -0.39 is 24.4 Å². The average Bonchev–Trinajstić information content (AvgIpc) is 4.09. The number of rotatable bonds is 4. The van der Waals surface area contributed by atoms with E-state index in [4.69, 9.17) is 9.47 Å². The van der Waals surface area contributed by atoms with Crippen LogP contribution in [0.3, 0.4) is 0 Å². The molecule has 2 fully saturated rings. The molecule has 0 unspecified atom stereocenters. The van der Waals surface area contributed by atoms with Gasteiger partial charge >= 0.3 is 43.4 Å². The van der Waals surface area contributed by atoms with Crippen molar-refractivity contribution in [3.05, 3.63) is 97.1 Å². The van der Waals surface area contributed by atoms with Crippen LogP contribution in [0.5, 0.6) is 23.0 Å². The molecule has 0 radical (unpaired) electrons. The smallest absolute Gasteiger partial charge is 0.879 e. The molecular formula is C50H68N4O10Ti2. The van der Waals surface area contributed by atoms with Crippen molar-refractivity contribution in [2.45, 2.75) is 105 Å². The second kappa shape index (κ2) is 38.2. The standard InChI is InChI=1S/2C15H14N2O2.2C4H8O.4C3H7O.2Ti/c2*18-14-7-3-1-5-12(14)16-9-10-17(11-16)13-6-2-4-8-15(13)19;2*1-2-4-5-3-1;4*1-3(2)4;;/h2*1-8,18-19H,9-10H2;2*1-4H2;4*3H,1-2H3;;/q;;;;4*-1;2*+4/p-4. The van der Waals surface area contributed by atoms with Gasteiger partial charge in [0.25, 0.3) is 0 Å². The van der Waals surface area contributed by atoms with Crippen molar-refractivity contribution < 1.29 is 103 Å². The number of hydrogen-bond donors (Lipinski definition) is 0. The SMILES string of the molecule is C1CCOC1.C1CCOC1.CC(C)[O-].CC(C)[O-].CC(C)[O-].CC(C)[O-].[O-]c1ccccc1N1[C-]=[N+](c2ccccc2[O-])CC1.[O-]c1ccccc1N1[C-]=[N+](c2ccccc2[O-])CC1.[Ti+4].[Ti+4]. The molecule has 4 heterocycles. The molecule has 0 atom stereocenters. The average molecular weight is 981 g/mol. The Labute approximate surface area is 423 Å². The minimum absolute atomic E-state index is 0. The molecule has 16 heteroatoms. The van der Waals surface area contributed by atoms with Gasteiger partial charge in [-0.1, -0.05) is 152 Å². The molecule has 0 aromatic heterocycles. The molecule has 4 aliphatic heterocycles. The van der Waals surface area contributed by atoms with Crippen LogP contribution in [0.2, 0.25) is 0 Å². The molecule has 0 amide bonds. The largest absolute Gasteiger partial charge is 4.00 e. The fraction of sp³-hybridized carbons (Fsp3) is 0.480. The Bertz CT molecular complexity index is 1720. The van der Waals surface area contributed by atoms with Crippen LogP contribution in [0, 0.1) is 0 Å². The Kier molecular flexibility index (Phi) is 37.2. The van der Waals surface area contributed by atoms with Gasteiger partial charge < -0.3 is 69.3 Å². The van der Waals surface area contributed by atoms with Gasteiger partial charge in [0.2, 0.25) is 12.7 Å². The van der Waals surface area contributed by atoms with Crippen LogP contribution in [-0.4, -0.2) is 98.9 Å². The first-order valence-corrected chi connectivity index (χ1v) is 21.9. The van der Waals surface area contributed by atoms with E-state index in [2.05, 4.69) is 12.7 Å². The van der Waals surface area contributed by atoms with E-state index in [0.29, 0.717) is 48.9 Å². The van der Waals surface area contributed by atoms with E-state index in [1.807, 2.05) is 24.3 Å². The second-order valence-corrected chi connectivity index (χ2v) is 15.5. The molecular weight excluding hydrogens is 912 g/mol. The first-order valence-electron chi connectivity index (χ1n) is 21.9. The number of hydrogen-bond acceptors (Lipinski definition) is 12. The third-order valence-corrected chi connectivity index (χ3v) is 7.86. The van der Waals surface area contributed by atoms with Crippen LogP contribution in [0.1, 0.15) is 81.1 Å². The van der Waals surface area contributed by atoms with Crippen molar-refractivity contribution in [3.63, 3.8) is 0 Å². The quantitative estimate of drug-likeness (QED) is 0.164. The van der Waals surface area contributed by atoms with Gasteiger partial charge in [-0.2, -0.15) is 0 Å². The molecule has 0 bridgehead atoms. The predicted octanol–water partition coefficient (Wildman–Crippen LogP) is 2.42. The summed E-state index contributed by atoms with van der Waals surface area (Å²) in [6.45, 7) is 19.5. The monoisotopic (exact) mass is 980 g/mol. The van der Waals surface area contributed by atoms with Crippen molar-refractivity contribution in [1.29, 1.82) is 0 Å². The zero-order valence-electron chi connectivity index (χ0n) is 39.9. The van der Waals surface area contributed by atoms with Crippen LogP contribution in [-0.2, 0) is 52.9 Å². The molecule has 0 spiro atoms. The van der Waals surface area contributed by atoms with Gasteiger partial charge in [0.15, 0.2) is 0 Å². The van der Waals surface area contributed by atoms with Crippen molar-refractivity contribution in [2.24, 2.45) is 0 Å². The molecule has 0 saturated carbocycles. The fourth-order valence-corrected chi connectivity index (χ4v) is 5.33. The van der Waals surface area contributed by atoms with Gasteiger partial charge in [0.1, 0.15) is 26.2 Å². The van der Waals surface area contributed by atoms with E-state index in [-0.39, 0.29) is 66.4 Å². The van der Waals surface area contributed by atoms with Gasteiger partial charge in [0.05, 0.1) is 0 Å². The molecule has 2 saturated heterocycles. The first kappa shape index (κ1) is 64.3. The maximum atomic E-state index is 11.8. The predicted molar refractivity (Wildman–Crippen MR) is 238 cm³/mol. The van der Waals surface area contributed by atoms with Crippen molar-refractivity contribution in [2.75, 3.05) is 62.4 Å². The van der Waals surface area contributed by atoms with Gasteiger partial charge in [-0.3, -0.25) is 0 Å². The molecule has 4 aromatic carbocycles. The minimum atomic E-state index is -0.417. The van der Waals surface area contributed by atoms with Gasteiger partial charge in [0, 0.05) is 49.2 Å². The second-order valence-electron chi connectivity index (χ2n) is 15.5. The van der Waals surface area contributed by atoms with E-state index in [1.165, 1.54) is 49.9 Å². The van der Waals surface area contributed by atoms with Crippen LogP contribution in [0.25, 0.3) is 0 Å².